The van der Waals surface area contributed by atoms with Gasteiger partial charge in [0.05, 0.1) is 12.5 Å². The Labute approximate surface area is 92.4 Å². The second kappa shape index (κ2) is 6.83. The zero-order chi connectivity index (χ0) is 11.1. The highest BCUT2D eigenvalue weighted by atomic mass is 16.5. The summed E-state index contributed by atoms with van der Waals surface area (Å²) in [6.07, 6.45) is 6.80. The molecule has 1 atom stereocenters. The summed E-state index contributed by atoms with van der Waals surface area (Å²) in [5.74, 6) is 0.584. The van der Waals surface area contributed by atoms with E-state index in [0.29, 0.717) is 19.1 Å². The molecule has 1 rings (SSSR count). The lowest BCUT2D eigenvalue weighted by Gasteiger charge is -2.13. The van der Waals surface area contributed by atoms with Crippen molar-refractivity contribution in [1.82, 2.24) is 0 Å². The van der Waals surface area contributed by atoms with Gasteiger partial charge in [-0.05, 0) is 38.1 Å². The minimum Gasteiger partial charge on any atom is -0.465 e. The summed E-state index contributed by atoms with van der Waals surface area (Å²) in [7, 11) is 0. The average molecular weight is 213 g/mol. The first-order valence-corrected chi connectivity index (χ1v) is 6.10. The fraction of sp³-hybridized carbons (Fsp3) is 0.917. The van der Waals surface area contributed by atoms with Crippen LogP contribution in [0.25, 0.3) is 0 Å². The van der Waals surface area contributed by atoms with Gasteiger partial charge in [-0.2, -0.15) is 0 Å². The van der Waals surface area contributed by atoms with Gasteiger partial charge in [-0.15, -0.1) is 0 Å². The third kappa shape index (κ3) is 4.65. The molecule has 88 valence electrons. The summed E-state index contributed by atoms with van der Waals surface area (Å²) in [4.78, 5) is 11.5. The number of esters is 1. The zero-order valence-electron chi connectivity index (χ0n) is 9.71. The van der Waals surface area contributed by atoms with E-state index in [9.17, 15) is 4.79 Å². The molecule has 0 spiro atoms. The predicted molar refractivity (Wildman–Crippen MR) is 60.4 cm³/mol. The molecular weight excluding hydrogens is 190 g/mol. The van der Waals surface area contributed by atoms with Crippen molar-refractivity contribution in [2.45, 2.75) is 45.4 Å². The van der Waals surface area contributed by atoms with Crippen molar-refractivity contribution < 1.29 is 9.53 Å². The monoisotopic (exact) mass is 213 g/mol. The lowest BCUT2D eigenvalue weighted by atomic mass is 10.1. The number of hydrogen-bond acceptors (Lipinski definition) is 3. The Bertz CT molecular complexity index is 188. The summed E-state index contributed by atoms with van der Waals surface area (Å²) >= 11 is 0. The fourth-order valence-electron chi connectivity index (χ4n) is 2.06. The predicted octanol–water partition coefficient (Wildman–Crippen LogP) is 2.09. The number of nitrogens with two attached hydrogens (primary N) is 1. The van der Waals surface area contributed by atoms with Crippen molar-refractivity contribution >= 4 is 5.97 Å². The Morgan fingerprint density at radius 1 is 1.47 bits per heavy atom. The molecule has 3 heteroatoms. The van der Waals surface area contributed by atoms with E-state index in [2.05, 4.69) is 0 Å². The van der Waals surface area contributed by atoms with Gasteiger partial charge >= 0.3 is 5.97 Å². The Morgan fingerprint density at radius 3 is 2.73 bits per heavy atom. The van der Waals surface area contributed by atoms with Crippen LogP contribution in [-0.2, 0) is 9.53 Å². The minimum absolute atomic E-state index is 0.00922. The van der Waals surface area contributed by atoms with Gasteiger partial charge in [-0.1, -0.05) is 19.8 Å². The molecule has 0 bridgehead atoms. The van der Waals surface area contributed by atoms with E-state index < -0.39 is 0 Å². The summed E-state index contributed by atoms with van der Waals surface area (Å²) in [5.41, 5.74) is 5.40. The average Bonchev–Trinajstić information content (AvgIpc) is 2.75. The highest BCUT2D eigenvalue weighted by Gasteiger charge is 2.19. The van der Waals surface area contributed by atoms with Crippen LogP contribution in [0.3, 0.4) is 0 Å². The third-order valence-electron chi connectivity index (χ3n) is 3.18. The first-order valence-electron chi connectivity index (χ1n) is 6.10. The molecule has 1 unspecified atom stereocenters. The van der Waals surface area contributed by atoms with Crippen LogP contribution in [-0.4, -0.2) is 19.1 Å². The van der Waals surface area contributed by atoms with Gasteiger partial charge in [0.25, 0.3) is 0 Å². The number of carbonyl (C=O) groups excluding carboxylic acids is 1. The second-order valence-corrected chi connectivity index (χ2v) is 4.61. The molecule has 1 aliphatic rings. The van der Waals surface area contributed by atoms with Crippen LogP contribution in [0, 0.1) is 11.8 Å². The highest BCUT2D eigenvalue weighted by Crippen LogP contribution is 2.25. The van der Waals surface area contributed by atoms with Crippen LogP contribution >= 0.6 is 0 Å². The summed E-state index contributed by atoms with van der Waals surface area (Å²) < 4.78 is 5.31. The third-order valence-corrected chi connectivity index (χ3v) is 3.18. The van der Waals surface area contributed by atoms with Gasteiger partial charge in [-0.3, -0.25) is 4.79 Å². The van der Waals surface area contributed by atoms with Crippen LogP contribution in [0.1, 0.15) is 45.4 Å². The van der Waals surface area contributed by atoms with Crippen molar-refractivity contribution in [2.75, 3.05) is 13.2 Å². The number of ether oxygens (including phenoxy) is 1. The topological polar surface area (TPSA) is 52.3 Å². The second-order valence-electron chi connectivity index (χ2n) is 4.61. The largest absolute Gasteiger partial charge is 0.465 e. The lowest BCUT2D eigenvalue weighted by Crippen LogP contribution is -2.19. The van der Waals surface area contributed by atoms with E-state index in [1.807, 2.05) is 6.92 Å². The zero-order valence-corrected chi connectivity index (χ0v) is 9.71. The first-order chi connectivity index (χ1) is 7.24. The van der Waals surface area contributed by atoms with Crippen LogP contribution in [0.4, 0.5) is 0 Å². The van der Waals surface area contributed by atoms with Gasteiger partial charge in [-0.25, -0.2) is 0 Å². The smallest absolute Gasteiger partial charge is 0.308 e. The van der Waals surface area contributed by atoms with Crippen LogP contribution < -0.4 is 5.73 Å². The highest BCUT2D eigenvalue weighted by molar-refractivity contribution is 5.71. The van der Waals surface area contributed by atoms with Crippen molar-refractivity contribution in [2.24, 2.45) is 17.6 Å². The molecule has 0 aliphatic heterocycles. The quantitative estimate of drug-likeness (QED) is 0.687. The lowest BCUT2D eigenvalue weighted by molar-refractivity contribution is -0.149. The maximum absolute atomic E-state index is 11.5. The normalized spacial score (nSPS) is 19.1. The van der Waals surface area contributed by atoms with Gasteiger partial charge < -0.3 is 10.5 Å². The number of rotatable bonds is 6. The van der Waals surface area contributed by atoms with Crippen molar-refractivity contribution in [3.63, 3.8) is 0 Å². The maximum atomic E-state index is 11.5. The minimum atomic E-state index is -0.0460. The molecule has 0 radical (unpaired) electrons. The Hall–Kier alpha value is -0.570. The molecule has 15 heavy (non-hydrogen) atoms. The summed E-state index contributed by atoms with van der Waals surface area (Å²) in [6, 6.07) is 0. The van der Waals surface area contributed by atoms with Crippen molar-refractivity contribution in [1.29, 1.82) is 0 Å². The molecule has 0 aromatic heterocycles. The Balaban J connectivity index is 2.11. The molecule has 0 heterocycles. The fourth-order valence-corrected chi connectivity index (χ4v) is 2.06. The summed E-state index contributed by atoms with van der Waals surface area (Å²) in [5, 5.41) is 0. The van der Waals surface area contributed by atoms with Gasteiger partial charge in [0.15, 0.2) is 0 Å². The molecule has 1 saturated carbocycles. The van der Waals surface area contributed by atoms with Crippen LogP contribution in [0.5, 0.6) is 0 Å². The first kappa shape index (κ1) is 12.5. The summed E-state index contributed by atoms with van der Waals surface area (Å²) in [6.45, 7) is 3.21. The van der Waals surface area contributed by atoms with E-state index in [1.54, 1.807) is 0 Å². The molecule has 0 aromatic carbocycles. The molecule has 1 fully saturated rings. The molecule has 2 N–H and O–H groups in total. The van der Waals surface area contributed by atoms with E-state index in [1.165, 1.54) is 25.7 Å². The molecule has 1 aliphatic carbocycles. The Kier molecular flexibility index (Phi) is 5.69. The number of carbonyl (C=O) groups is 1. The van der Waals surface area contributed by atoms with Gasteiger partial charge in [0, 0.05) is 0 Å². The Morgan fingerprint density at radius 2 is 2.13 bits per heavy atom. The molecule has 0 saturated heterocycles. The molecule has 0 amide bonds. The molecule has 0 aromatic rings. The van der Waals surface area contributed by atoms with Gasteiger partial charge in [0.2, 0.25) is 0 Å². The SMILES string of the molecule is CC(CCCN)C(=O)OCC1CCCC1. The van der Waals surface area contributed by atoms with Crippen molar-refractivity contribution in [3.8, 4) is 0 Å². The van der Waals surface area contributed by atoms with E-state index in [0.717, 1.165) is 12.8 Å². The van der Waals surface area contributed by atoms with Crippen molar-refractivity contribution in [3.05, 3.63) is 0 Å². The standard InChI is InChI=1S/C12H23NO2/c1-10(5-4-8-13)12(14)15-9-11-6-2-3-7-11/h10-11H,2-9,13H2,1H3. The molecule has 3 nitrogen and oxygen atoms in total. The van der Waals surface area contributed by atoms with E-state index in [-0.39, 0.29) is 11.9 Å². The maximum Gasteiger partial charge on any atom is 0.308 e. The van der Waals surface area contributed by atoms with E-state index in [4.69, 9.17) is 10.5 Å². The van der Waals surface area contributed by atoms with Gasteiger partial charge in [0.1, 0.15) is 0 Å². The van der Waals surface area contributed by atoms with Crippen LogP contribution in [0.15, 0.2) is 0 Å². The number of hydrogen-bond donors (Lipinski definition) is 1. The van der Waals surface area contributed by atoms with Crippen LogP contribution in [0.2, 0.25) is 0 Å². The molecular formula is C12H23NO2. The van der Waals surface area contributed by atoms with E-state index >= 15 is 0 Å².